The van der Waals surface area contributed by atoms with E-state index in [4.69, 9.17) is 11.6 Å². The summed E-state index contributed by atoms with van der Waals surface area (Å²) in [5.74, 6) is 0.395. The van der Waals surface area contributed by atoms with E-state index < -0.39 is 0 Å². The molecule has 0 radical (unpaired) electrons. The van der Waals surface area contributed by atoms with E-state index in [1.807, 2.05) is 30.5 Å². The molecule has 4 rings (SSSR count). The Hall–Kier alpha value is -2.13. The number of aromatic nitrogens is 2. The van der Waals surface area contributed by atoms with Crippen LogP contribution in [0.4, 0.5) is 0 Å². The van der Waals surface area contributed by atoms with Gasteiger partial charge in [0.05, 0.1) is 12.0 Å². The summed E-state index contributed by atoms with van der Waals surface area (Å²) in [4.78, 5) is 17.1. The molecule has 2 saturated carbocycles. The quantitative estimate of drug-likeness (QED) is 0.621. The number of nitrogens with zero attached hydrogens (tertiary/aromatic N) is 2. The topological polar surface area (TPSA) is 34.9 Å². The van der Waals surface area contributed by atoms with Crippen LogP contribution in [-0.2, 0) is 4.79 Å². The molecule has 134 valence electrons. The van der Waals surface area contributed by atoms with Crippen molar-refractivity contribution >= 4 is 29.7 Å². The zero-order valence-corrected chi connectivity index (χ0v) is 15.6. The van der Waals surface area contributed by atoms with Crippen molar-refractivity contribution in [3.05, 3.63) is 54.0 Å². The smallest absolute Gasteiger partial charge is 0.158 e. The van der Waals surface area contributed by atoms with Crippen molar-refractivity contribution < 1.29 is 4.79 Å². The van der Waals surface area contributed by atoms with Crippen molar-refractivity contribution in [2.45, 2.75) is 38.5 Å². The van der Waals surface area contributed by atoms with Crippen molar-refractivity contribution in [2.24, 2.45) is 11.3 Å². The molecule has 2 aromatic rings. The first-order chi connectivity index (χ1) is 12.6. The molecule has 0 N–H and O–H groups in total. The molecule has 0 unspecified atom stereocenters. The maximum Gasteiger partial charge on any atom is 0.158 e. The summed E-state index contributed by atoms with van der Waals surface area (Å²) < 4.78 is 1.80. The van der Waals surface area contributed by atoms with Gasteiger partial charge in [0.2, 0.25) is 0 Å². The van der Waals surface area contributed by atoms with E-state index in [-0.39, 0.29) is 11.7 Å². The first kappa shape index (κ1) is 17.3. The van der Waals surface area contributed by atoms with Gasteiger partial charge >= 0.3 is 0 Å². The summed E-state index contributed by atoms with van der Waals surface area (Å²) in [5.41, 5.74) is 3.18. The third-order valence-electron chi connectivity index (χ3n) is 5.96. The molecule has 1 spiro atoms. The molecule has 2 aliphatic carbocycles. The molecule has 26 heavy (non-hydrogen) atoms. The molecule has 0 bridgehead atoms. The Morgan fingerprint density at radius 2 is 2.04 bits per heavy atom. The van der Waals surface area contributed by atoms with Gasteiger partial charge in [0.1, 0.15) is 0 Å². The molecule has 1 aromatic heterocycles. The van der Waals surface area contributed by atoms with Gasteiger partial charge in [0.15, 0.2) is 5.78 Å². The standard InChI is InChI=1S/C22H23ClN2O/c1-2-25-14-20(24-15-25)18-4-3-5-19(23)17(18)6-7-21(26)16-8-10-22(11-9-16)12-13-22/h2-7,14-16H,1,8-13H2/b7-6+. The molecule has 1 aromatic carbocycles. The zero-order chi connectivity index (χ0) is 18.1. The normalized spacial score (nSPS) is 19.1. The Bertz CT molecular complexity index is 866. The summed E-state index contributed by atoms with van der Waals surface area (Å²) in [6, 6.07) is 5.72. The highest BCUT2D eigenvalue weighted by Crippen LogP contribution is 2.57. The molecule has 2 aliphatic rings. The van der Waals surface area contributed by atoms with Gasteiger partial charge in [0.25, 0.3) is 0 Å². The Labute approximate surface area is 159 Å². The highest BCUT2D eigenvalue weighted by atomic mass is 35.5. The van der Waals surface area contributed by atoms with Crippen LogP contribution in [0.25, 0.3) is 23.5 Å². The van der Waals surface area contributed by atoms with Gasteiger partial charge in [-0.1, -0.05) is 30.3 Å². The number of imidazole rings is 1. The van der Waals surface area contributed by atoms with Gasteiger partial charge in [-0.15, -0.1) is 0 Å². The number of carbonyl (C=O) groups excluding carboxylic acids is 1. The average Bonchev–Trinajstić information content (AvgIpc) is 3.23. The van der Waals surface area contributed by atoms with Crippen LogP contribution < -0.4 is 0 Å². The lowest BCUT2D eigenvalue weighted by Gasteiger charge is -2.26. The van der Waals surface area contributed by atoms with E-state index in [9.17, 15) is 4.79 Å². The minimum atomic E-state index is 0.170. The molecule has 4 heteroatoms. The number of rotatable bonds is 5. The maximum atomic E-state index is 12.6. The molecule has 0 atom stereocenters. The summed E-state index contributed by atoms with van der Waals surface area (Å²) in [6.45, 7) is 3.74. The van der Waals surface area contributed by atoms with Gasteiger partial charge < -0.3 is 4.57 Å². The monoisotopic (exact) mass is 366 g/mol. The van der Waals surface area contributed by atoms with Crippen LogP contribution in [0.1, 0.15) is 44.1 Å². The van der Waals surface area contributed by atoms with E-state index in [2.05, 4.69) is 11.6 Å². The molecule has 0 amide bonds. The van der Waals surface area contributed by atoms with Crippen LogP contribution in [-0.4, -0.2) is 15.3 Å². The number of ketones is 1. The number of benzene rings is 1. The van der Waals surface area contributed by atoms with E-state index in [1.54, 1.807) is 23.2 Å². The summed E-state index contributed by atoms with van der Waals surface area (Å²) in [7, 11) is 0. The first-order valence-electron chi connectivity index (χ1n) is 9.27. The fourth-order valence-corrected chi connectivity index (χ4v) is 4.24. The highest BCUT2D eigenvalue weighted by molar-refractivity contribution is 6.32. The molecule has 0 saturated heterocycles. The van der Waals surface area contributed by atoms with Crippen molar-refractivity contribution in [1.29, 1.82) is 0 Å². The van der Waals surface area contributed by atoms with E-state index in [0.717, 1.165) is 29.7 Å². The summed E-state index contributed by atoms with van der Waals surface area (Å²) in [5, 5.41) is 0.625. The predicted octanol–water partition coefficient (Wildman–Crippen LogP) is 5.86. The van der Waals surface area contributed by atoms with Gasteiger partial charge in [0, 0.05) is 34.5 Å². The third-order valence-corrected chi connectivity index (χ3v) is 6.29. The minimum Gasteiger partial charge on any atom is -0.313 e. The SMILES string of the molecule is C=Cn1cnc(-c2cccc(Cl)c2/C=C/C(=O)C2CCC3(CC2)CC3)c1. The summed E-state index contributed by atoms with van der Waals surface area (Å²) >= 11 is 6.42. The summed E-state index contributed by atoms with van der Waals surface area (Å²) in [6.07, 6.45) is 16.1. The van der Waals surface area contributed by atoms with E-state index in [0.29, 0.717) is 10.4 Å². The zero-order valence-electron chi connectivity index (χ0n) is 14.8. The van der Waals surface area contributed by atoms with Crippen LogP contribution in [0.3, 0.4) is 0 Å². The van der Waals surface area contributed by atoms with Crippen LogP contribution in [0, 0.1) is 11.3 Å². The van der Waals surface area contributed by atoms with Crippen LogP contribution in [0.2, 0.25) is 5.02 Å². The molecule has 0 aliphatic heterocycles. The number of halogens is 1. The van der Waals surface area contributed by atoms with E-state index in [1.165, 1.54) is 25.7 Å². The Balaban J connectivity index is 1.54. The lowest BCUT2D eigenvalue weighted by Crippen LogP contribution is -2.21. The van der Waals surface area contributed by atoms with Crippen molar-refractivity contribution in [3.8, 4) is 11.3 Å². The van der Waals surface area contributed by atoms with E-state index >= 15 is 0 Å². The number of allylic oxidation sites excluding steroid dienone is 1. The molecular formula is C22H23ClN2O. The number of hydrogen-bond donors (Lipinski definition) is 0. The minimum absolute atomic E-state index is 0.170. The maximum absolute atomic E-state index is 12.6. The lowest BCUT2D eigenvalue weighted by atomic mass is 9.78. The molecule has 3 nitrogen and oxygen atoms in total. The predicted molar refractivity (Wildman–Crippen MR) is 107 cm³/mol. The fourth-order valence-electron chi connectivity index (χ4n) is 4.00. The average molecular weight is 367 g/mol. The van der Waals surface area contributed by atoms with Crippen LogP contribution >= 0.6 is 11.6 Å². The highest BCUT2D eigenvalue weighted by Gasteiger charge is 2.45. The second-order valence-electron chi connectivity index (χ2n) is 7.60. The first-order valence-corrected chi connectivity index (χ1v) is 9.65. The Kier molecular flexibility index (Phi) is 4.58. The molecule has 2 fully saturated rings. The lowest BCUT2D eigenvalue weighted by molar-refractivity contribution is -0.119. The van der Waals surface area contributed by atoms with Crippen molar-refractivity contribution in [2.75, 3.05) is 0 Å². The van der Waals surface area contributed by atoms with Crippen LogP contribution in [0.5, 0.6) is 0 Å². The second-order valence-corrected chi connectivity index (χ2v) is 8.01. The number of hydrogen-bond acceptors (Lipinski definition) is 2. The van der Waals surface area contributed by atoms with Crippen molar-refractivity contribution in [3.63, 3.8) is 0 Å². The molecular weight excluding hydrogens is 344 g/mol. The molecule has 1 heterocycles. The van der Waals surface area contributed by atoms with Crippen molar-refractivity contribution in [1.82, 2.24) is 9.55 Å². The Morgan fingerprint density at radius 1 is 1.27 bits per heavy atom. The van der Waals surface area contributed by atoms with Gasteiger partial charge in [-0.05, 0) is 62.2 Å². The van der Waals surface area contributed by atoms with Crippen LogP contribution in [0.15, 0.2) is 43.4 Å². The van der Waals surface area contributed by atoms with Gasteiger partial charge in [-0.3, -0.25) is 4.79 Å². The second kappa shape index (κ2) is 6.88. The third kappa shape index (κ3) is 3.41. The van der Waals surface area contributed by atoms with Gasteiger partial charge in [-0.25, -0.2) is 4.98 Å². The Morgan fingerprint density at radius 3 is 2.69 bits per heavy atom. The number of carbonyl (C=O) groups is 1. The van der Waals surface area contributed by atoms with Gasteiger partial charge in [-0.2, -0.15) is 0 Å². The fraction of sp³-hybridized carbons (Fsp3) is 0.364. The largest absolute Gasteiger partial charge is 0.313 e.